The number of carbonyl (C=O) groups is 1. The van der Waals surface area contributed by atoms with Gasteiger partial charge < -0.3 is 24.9 Å². The third-order valence-corrected chi connectivity index (χ3v) is 6.81. The number of aromatic nitrogens is 2. The maximum Gasteiger partial charge on any atom is 0.262 e. The molecule has 0 bridgehead atoms. The van der Waals surface area contributed by atoms with Crippen LogP contribution in [-0.2, 0) is 20.0 Å². The number of nitrogens with zero attached hydrogens (tertiary/aromatic N) is 2. The van der Waals surface area contributed by atoms with Crippen LogP contribution in [-0.4, -0.2) is 52.5 Å². The number of aldehydes is 1. The number of carbonyl (C=O) groups excluding carboxylic acids is 1. The molecule has 7 heteroatoms. The standard InChI is InChI=1S/C25H32N4O3/c1-4-20-23(27-25(32)21(15-30)24(20)31)17-5-6-22-18(11-17)12-19(29(22)3)14-26-13-16-7-9-28(2)10-8-16/h5-6,11-12,15-16,26H,4,7-10,13-14H2,1-3H3,(H2,27,31,32). The summed E-state index contributed by atoms with van der Waals surface area (Å²) in [5, 5.41) is 15.1. The van der Waals surface area contributed by atoms with Gasteiger partial charge in [0.15, 0.2) is 6.29 Å². The molecule has 0 atom stereocenters. The Labute approximate surface area is 188 Å². The van der Waals surface area contributed by atoms with Gasteiger partial charge in [0, 0.05) is 35.8 Å². The summed E-state index contributed by atoms with van der Waals surface area (Å²) in [4.78, 5) is 28.6. The van der Waals surface area contributed by atoms with Crippen molar-refractivity contribution in [2.75, 3.05) is 26.7 Å². The molecule has 4 rings (SSSR count). The number of aromatic hydroxyl groups is 1. The summed E-state index contributed by atoms with van der Waals surface area (Å²) in [6, 6.07) is 8.18. The molecule has 3 N–H and O–H groups in total. The van der Waals surface area contributed by atoms with Gasteiger partial charge in [-0.05, 0) is 75.6 Å². The third-order valence-electron chi connectivity index (χ3n) is 6.81. The molecule has 7 nitrogen and oxygen atoms in total. The lowest BCUT2D eigenvalue weighted by Crippen LogP contribution is -2.34. The Morgan fingerprint density at radius 2 is 1.97 bits per heavy atom. The summed E-state index contributed by atoms with van der Waals surface area (Å²) >= 11 is 0. The molecular formula is C25H32N4O3. The van der Waals surface area contributed by atoms with Crippen LogP contribution in [0.5, 0.6) is 5.75 Å². The fourth-order valence-electron chi connectivity index (χ4n) is 4.75. The first-order valence-corrected chi connectivity index (χ1v) is 11.3. The molecular weight excluding hydrogens is 404 g/mol. The van der Waals surface area contributed by atoms with Gasteiger partial charge in [0.2, 0.25) is 0 Å². The van der Waals surface area contributed by atoms with Crippen molar-refractivity contribution in [3.63, 3.8) is 0 Å². The quantitative estimate of drug-likeness (QED) is 0.495. The number of likely N-dealkylation sites (tertiary alicyclic amines) is 1. The van der Waals surface area contributed by atoms with Crippen molar-refractivity contribution in [3.05, 3.63) is 51.4 Å². The van der Waals surface area contributed by atoms with Gasteiger partial charge >= 0.3 is 0 Å². The highest BCUT2D eigenvalue weighted by Gasteiger charge is 2.18. The van der Waals surface area contributed by atoms with E-state index in [0.717, 1.165) is 35.5 Å². The van der Waals surface area contributed by atoms with E-state index in [-0.39, 0.29) is 11.3 Å². The van der Waals surface area contributed by atoms with E-state index in [1.807, 2.05) is 25.1 Å². The third kappa shape index (κ3) is 4.23. The molecule has 0 amide bonds. The van der Waals surface area contributed by atoms with E-state index < -0.39 is 5.56 Å². The van der Waals surface area contributed by atoms with Crippen molar-refractivity contribution in [2.45, 2.75) is 32.7 Å². The number of piperidine rings is 1. The normalized spacial score (nSPS) is 15.5. The first kappa shape index (κ1) is 22.3. The summed E-state index contributed by atoms with van der Waals surface area (Å²) in [5.74, 6) is 0.506. The minimum Gasteiger partial charge on any atom is -0.507 e. The maximum atomic E-state index is 12.3. The second-order valence-electron chi connectivity index (χ2n) is 8.89. The van der Waals surface area contributed by atoms with Crippen molar-refractivity contribution in [1.82, 2.24) is 19.8 Å². The predicted octanol–water partition coefficient (Wildman–Crippen LogP) is 3.05. The zero-order valence-electron chi connectivity index (χ0n) is 19.1. The Hall–Kier alpha value is -2.90. The van der Waals surface area contributed by atoms with Crippen molar-refractivity contribution < 1.29 is 9.90 Å². The summed E-state index contributed by atoms with van der Waals surface area (Å²) in [5.41, 5.74) is 3.47. The molecule has 1 fully saturated rings. The minimum absolute atomic E-state index is 0.218. The van der Waals surface area contributed by atoms with Crippen LogP contribution in [0.4, 0.5) is 0 Å². The summed E-state index contributed by atoms with van der Waals surface area (Å²) in [6.07, 6.45) is 3.39. The molecule has 0 spiro atoms. The Balaban J connectivity index is 1.58. The number of aromatic amines is 1. The zero-order chi connectivity index (χ0) is 22.8. The lowest BCUT2D eigenvalue weighted by atomic mass is 9.97. The zero-order valence-corrected chi connectivity index (χ0v) is 19.1. The van der Waals surface area contributed by atoms with Crippen LogP contribution >= 0.6 is 0 Å². The number of H-pyrrole nitrogens is 1. The molecule has 0 radical (unpaired) electrons. The number of hydrogen-bond donors (Lipinski definition) is 3. The highest BCUT2D eigenvalue weighted by Crippen LogP contribution is 2.31. The van der Waals surface area contributed by atoms with E-state index in [2.05, 4.69) is 39.9 Å². The van der Waals surface area contributed by atoms with E-state index in [0.29, 0.717) is 24.0 Å². The highest BCUT2D eigenvalue weighted by molar-refractivity contribution is 5.88. The fraction of sp³-hybridized carbons (Fsp3) is 0.440. The van der Waals surface area contributed by atoms with Gasteiger partial charge in [0.25, 0.3) is 5.56 Å². The lowest BCUT2D eigenvalue weighted by Gasteiger charge is -2.29. The molecule has 0 saturated carbocycles. The van der Waals surface area contributed by atoms with E-state index in [1.165, 1.54) is 31.6 Å². The Morgan fingerprint density at radius 1 is 1.22 bits per heavy atom. The maximum absolute atomic E-state index is 12.3. The Bertz CT molecular complexity index is 1190. The lowest BCUT2D eigenvalue weighted by molar-refractivity contribution is 0.111. The molecule has 0 aliphatic carbocycles. The molecule has 1 aliphatic rings. The summed E-state index contributed by atoms with van der Waals surface area (Å²) in [7, 11) is 4.25. The van der Waals surface area contributed by atoms with Crippen LogP contribution < -0.4 is 10.9 Å². The van der Waals surface area contributed by atoms with E-state index in [9.17, 15) is 14.7 Å². The first-order valence-electron chi connectivity index (χ1n) is 11.3. The second-order valence-corrected chi connectivity index (χ2v) is 8.89. The number of pyridine rings is 1. The Kier molecular flexibility index (Phi) is 6.48. The number of rotatable bonds is 7. The predicted molar refractivity (Wildman–Crippen MR) is 127 cm³/mol. The topological polar surface area (TPSA) is 90.4 Å². The number of aryl methyl sites for hydroxylation is 1. The van der Waals surface area contributed by atoms with Crippen LogP contribution in [0.15, 0.2) is 29.1 Å². The van der Waals surface area contributed by atoms with Crippen LogP contribution in [0.3, 0.4) is 0 Å². The van der Waals surface area contributed by atoms with E-state index in [1.54, 1.807) is 0 Å². The van der Waals surface area contributed by atoms with Gasteiger partial charge in [-0.25, -0.2) is 0 Å². The molecule has 1 aromatic carbocycles. The number of nitrogens with one attached hydrogen (secondary N) is 2. The van der Waals surface area contributed by atoms with Crippen LogP contribution in [0, 0.1) is 5.92 Å². The van der Waals surface area contributed by atoms with Gasteiger partial charge in [-0.1, -0.05) is 13.0 Å². The number of fused-ring (bicyclic) bond motifs is 1. The van der Waals surface area contributed by atoms with Crippen LogP contribution in [0.1, 0.15) is 41.4 Å². The molecule has 2 aromatic heterocycles. The van der Waals surface area contributed by atoms with Gasteiger partial charge in [0.1, 0.15) is 11.3 Å². The smallest absolute Gasteiger partial charge is 0.262 e. The largest absolute Gasteiger partial charge is 0.507 e. The summed E-state index contributed by atoms with van der Waals surface area (Å²) in [6.45, 7) is 6.08. The molecule has 3 heterocycles. The average Bonchev–Trinajstić information content (AvgIpc) is 3.10. The SMILES string of the molecule is CCc1c(-c2ccc3c(c2)cc(CNCC2CCN(C)CC2)n3C)[nH]c(=O)c(C=O)c1O. The van der Waals surface area contributed by atoms with Crippen molar-refractivity contribution in [3.8, 4) is 17.0 Å². The van der Waals surface area contributed by atoms with E-state index >= 15 is 0 Å². The highest BCUT2D eigenvalue weighted by atomic mass is 16.3. The van der Waals surface area contributed by atoms with Crippen molar-refractivity contribution in [1.29, 1.82) is 0 Å². The molecule has 32 heavy (non-hydrogen) atoms. The minimum atomic E-state index is -0.573. The van der Waals surface area contributed by atoms with Gasteiger partial charge in [0.05, 0.1) is 5.69 Å². The van der Waals surface area contributed by atoms with Crippen LogP contribution in [0.25, 0.3) is 22.2 Å². The van der Waals surface area contributed by atoms with Gasteiger partial charge in [-0.3, -0.25) is 9.59 Å². The molecule has 170 valence electrons. The van der Waals surface area contributed by atoms with Crippen LogP contribution in [0.2, 0.25) is 0 Å². The average molecular weight is 437 g/mol. The second kappa shape index (κ2) is 9.30. The number of benzene rings is 1. The number of hydrogen-bond acceptors (Lipinski definition) is 5. The van der Waals surface area contributed by atoms with Crippen molar-refractivity contribution in [2.24, 2.45) is 13.0 Å². The van der Waals surface area contributed by atoms with Gasteiger partial charge in [-0.15, -0.1) is 0 Å². The molecule has 1 aliphatic heterocycles. The first-order chi connectivity index (χ1) is 15.4. The van der Waals surface area contributed by atoms with E-state index in [4.69, 9.17) is 0 Å². The summed E-state index contributed by atoms with van der Waals surface area (Å²) < 4.78 is 2.19. The molecule has 0 unspecified atom stereocenters. The molecule has 1 saturated heterocycles. The van der Waals surface area contributed by atoms with Crippen molar-refractivity contribution >= 4 is 17.2 Å². The fourth-order valence-corrected chi connectivity index (χ4v) is 4.75. The van der Waals surface area contributed by atoms with Gasteiger partial charge in [-0.2, -0.15) is 0 Å². The monoisotopic (exact) mass is 436 g/mol. The molecule has 3 aromatic rings. The Morgan fingerprint density at radius 3 is 2.66 bits per heavy atom.